The first-order chi connectivity index (χ1) is 17.2. The number of nitrogens with one attached hydrogen (secondary N) is 2. The van der Waals surface area contributed by atoms with Crippen molar-refractivity contribution in [1.29, 1.82) is 0 Å². The van der Waals surface area contributed by atoms with E-state index in [2.05, 4.69) is 27.2 Å². The van der Waals surface area contributed by atoms with Gasteiger partial charge in [0.15, 0.2) is 0 Å². The van der Waals surface area contributed by atoms with Gasteiger partial charge in [0.1, 0.15) is 0 Å². The zero-order valence-corrected chi connectivity index (χ0v) is 24.8. The molecule has 0 aliphatic carbocycles. The third kappa shape index (κ3) is 9.35. The summed E-state index contributed by atoms with van der Waals surface area (Å²) in [6.45, 7) is 5.43. The van der Waals surface area contributed by atoms with E-state index < -0.39 is 0 Å². The molecule has 4 radical (unpaired) electrons. The van der Waals surface area contributed by atoms with E-state index in [4.69, 9.17) is 11.6 Å². The molecule has 0 aliphatic heterocycles. The fraction of sp³-hybridized carbons (Fsp3) is 0.179. The van der Waals surface area contributed by atoms with Crippen molar-refractivity contribution in [2.45, 2.75) is 0 Å². The van der Waals surface area contributed by atoms with E-state index in [-0.39, 0.29) is 41.3 Å². The van der Waals surface area contributed by atoms with Gasteiger partial charge < -0.3 is 15.5 Å². The van der Waals surface area contributed by atoms with Crippen LogP contribution in [0.25, 0.3) is 6.08 Å². The zero-order chi connectivity index (χ0) is 26.1. The second-order valence-corrected chi connectivity index (χ2v) is 8.91. The number of halogens is 1. The van der Waals surface area contributed by atoms with Gasteiger partial charge >= 0.3 is 0 Å². The van der Waals surface area contributed by atoms with E-state index in [1.807, 2.05) is 50.4 Å². The summed E-state index contributed by atoms with van der Waals surface area (Å²) in [6, 6.07) is 19.1. The molecular weight excluding hydrogens is 593 g/mol. The van der Waals surface area contributed by atoms with Gasteiger partial charge in [0, 0.05) is 60.3 Å². The van der Waals surface area contributed by atoms with Gasteiger partial charge in [-0.05, 0) is 67.7 Å². The molecular formula is C28H30ClN5O2Sn. The van der Waals surface area contributed by atoms with Crippen LogP contribution in [0.3, 0.4) is 0 Å². The molecule has 3 aromatic carbocycles. The Bertz CT molecular complexity index is 1240. The number of anilines is 2. The molecule has 190 valence electrons. The maximum absolute atomic E-state index is 13.0. The summed E-state index contributed by atoms with van der Waals surface area (Å²) in [5.74, 6) is -0.725. The minimum atomic E-state index is -0.385. The molecule has 0 bridgehead atoms. The van der Waals surface area contributed by atoms with E-state index in [9.17, 15) is 9.59 Å². The van der Waals surface area contributed by atoms with Gasteiger partial charge in [0.25, 0.3) is 11.8 Å². The average Bonchev–Trinajstić information content (AvgIpc) is 2.87. The minimum Gasteiger partial charge on any atom is -0.322 e. The number of carbonyl (C=O) groups excluding carboxylic acids is 2. The largest absolute Gasteiger partial charge is 0.322 e. The Balaban J connectivity index is 0.00000481. The number of hydrogen-bond acceptors (Lipinski definition) is 5. The molecule has 0 atom stereocenters. The molecule has 0 spiro atoms. The van der Waals surface area contributed by atoms with Crippen LogP contribution in [0.1, 0.15) is 31.8 Å². The monoisotopic (exact) mass is 623 g/mol. The van der Waals surface area contributed by atoms with Crippen LogP contribution >= 0.6 is 11.6 Å². The maximum Gasteiger partial charge on any atom is 0.257 e. The third-order valence-electron chi connectivity index (χ3n) is 5.33. The molecule has 3 rings (SSSR count). The molecule has 3 aromatic rings. The van der Waals surface area contributed by atoms with Crippen molar-refractivity contribution in [3.8, 4) is 0 Å². The van der Waals surface area contributed by atoms with E-state index in [0.717, 1.165) is 24.2 Å². The summed E-state index contributed by atoms with van der Waals surface area (Å²) in [4.78, 5) is 27.9. The summed E-state index contributed by atoms with van der Waals surface area (Å²) >= 11 is 6.14. The van der Waals surface area contributed by atoms with E-state index >= 15 is 0 Å². The Morgan fingerprint density at radius 1 is 0.892 bits per heavy atom. The first kappa shape index (κ1) is 30.1. The van der Waals surface area contributed by atoms with Crippen molar-refractivity contribution in [2.24, 2.45) is 5.10 Å². The molecule has 37 heavy (non-hydrogen) atoms. The van der Waals surface area contributed by atoms with Crippen LogP contribution in [-0.4, -0.2) is 86.1 Å². The summed E-state index contributed by atoms with van der Waals surface area (Å²) in [5, 5.41) is 12.3. The maximum atomic E-state index is 13.0. The number of rotatable bonds is 10. The van der Waals surface area contributed by atoms with E-state index in [1.165, 1.54) is 6.07 Å². The van der Waals surface area contributed by atoms with E-state index in [0.29, 0.717) is 22.0 Å². The van der Waals surface area contributed by atoms with Crippen molar-refractivity contribution >= 4 is 71.0 Å². The zero-order valence-electron chi connectivity index (χ0n) is 21.2. The molecule has 0 saturated heterocycles. The molecule has 0 aromatic heterocycles. The normalized spacial score (nSPS) is 10.6. The number of benzene rings is 3. The molecule has 0 heterocycles. The van der Waals surface area contributed by atoms with Crippen molar-refractivity contribution < 1.29 is 9.59 Å². The van der Waals surface area contributed by atoms with Crippen LogP contribution in [-0.2, 0) is 0 Å². The molecule has 0 aliphatic rings. The Morgan fingerprint density at radius 2 is 1.54 bits per heavy atom. The number of hydrogen-bond donors (Lipinski definition) is 2. The molecule has 2 amide bonds. The Labute approximate surface area is 240 Å². The standard InChI is InChI=1S/C28H30ClN5O2.Sn/c1-5-20-8-13-24(14-9-20)31-28(36)25-18-23(29)12-15-26(25)32-27(35)22-10-6-21(7-11-22)19-30-34(4)17-16-33(2)3;/h5-15,18-19H,1,16-17H2,2-4H3,(H,31,36)(H,32,35);. The number of nitrogens with zero attached hydrogens (tertiary/aromatic N) is 3. The molecule has 0 saturated carbocycles. The van der Waals surface area contributed by atoms with Crippen molar-refractivity contribution in [3.63, 3.8) is 0 Å². The van der Waals surface area contributed by atoms with Gasteiger partial charge in [-0.25, -0.2) is 0 Å². The van der Waals surface area contributed by atoms with Crippen LogP contribution in [0.15, 0.2) is 78.4 Å². The van der Waals surface area contributed by atoms with Crippen LogP contribution in [0.4, 0.5) is 11.4 Å². The second kappa shape index (κ2) is 14.6. The summed E-state index contributed by atoms with van der Waals surface area (Å²) < 4.78 is 0. The first-order valence-corrected chi connectivity index (χ1v) is 11.8. The van der Waals surface area contributed by atoms with Crippen LogP contribution in [0.5, 0.6) is 0 Å². The third-order valence-corrected chi connectivity index (χ3v) is 5.56. The number of likely N-dealkylation sites (N-methyl/N-ethyl adjacent to an activating group) is 2. The van der Waals surface area contributed by atoms with Crippen molar-refractivity contribution in [2.75, 3.05) is 44.9 Å². The van der Waals surface area contributed by atoms with Crippen LogP contribution in [0.2, 0.25) is 5.02 Å². The number of amides is 2. The Morgan fingerprint density at radius 3 is 2.16 bits per heavy atom. The van der Waals surface area contributed by atoms with Gasteiger partial charge in [0.05, 0.1) is 17.5 Å². The topological polar surface area (TPSA) is 77.0 Å². The first-order valence-electron chi connectivity index (χ1n) is 11.4. The fourth-order valence-electron chi connectivity index (χ4n) is 3.20. The fourth-order valence-corrected chi connectivity index (χ4v) is 3.37. The molecule has 9 heteroatoms. The van der Waals surface area contributed by atoms with Gasteiger partial charge in [0.2, 0.25) is 0 Å². The number of hydrazone groups is 1. The van der Waals surface area contributed by atoms with Gasteiger partial charge in [-0.1, -0.05) is 48.5 Å². The SMILES string of the molecule is C=Cc1ccc(NC(=O)c2cc(Cl)ccc2NC(=O)c2ccc(C=NN(C)CCN(C)C)cc2)cc1.[Sn]. The Hall–Kier alpha value is -3.14. The van der Waals surface area contributed by atoms with Gasteiger partial charge in [-0.2, -0.15) is 5.10 Å². The van der Waals surface area contributed by atoms with Crippen LogP contribution < -0.4 is 10.6 Å². The summed E-state index contributed by atoms with van der Waals surface area (Å²) in [7, 11) is 5.95. The quantitative estimate of drug-likeness (QED) is 0.191. The van der Waals surface area contributed by atoms with E-state index in [1.54, 1.807) is 48.7 Å². The summed E-state index contributed by atoms with van der Waals surface area (Å²) in [5.41, 5.74) is 3.50. The van der Waals surface area contributed by atoms with Gasteiger partial charge in [-0.3, -0.25) is 14.6 Å². The molecule has 7 nitrogen and oxygen atoms in total. The molecule has 0 unspecified atom stereocenters. The van der Waals surface area contributed by atoms with Crippen molar-refractivity contribution in [1.82, 2.24) is 9.91 Å². The van der Waals surface area contributed by atoms with Gasteiger partial charge in [-0.15, -0.1) is 0 Å². The summed E-state index contributed by atoms with van der Waals surface area (Å²) in [6.07, 6.45) is 3.47. The molecule has 0 fully saturated rings. The molecule has 2 N–H and O–H groups in total. The Kier molecular flexibility index (Phi) is 11.8. The predicted molar refractivity (Wildman–Crippen MR) is 155 cm³/mol. The average molecular weight is 623 g/mol. The second-order valence-electron chi connectivity index (χ2n) is 8.48. The van der Waals surface area contributed by atoms with Crippen molar-refractivity contribution in [3.05, 3.63) is 101 Å². The smallest absolute Gasteiger partial charge is 0.257 e. The predicted octanol–water partition coefficient (Wildman–Crippen LogP) is 4.93. The minimum absolute atomic E-state index is 0. The van der Waals surface area contributed by atoms with Crippen LogP contribution in [0, 0.1) is 0 Å². The number of carbonyl (C=O) groups is 2.